The summed E-state index contributed by atoms with van der Waals surface area (Å²) in [5.74, 6) is 0.217. The number of rotatable bonds is 7. The zero-order valence-corrected chi connectivity index (χ0v) is 15.6. The van der Waals surface area contributed by atoms with Gasteiger partial charge in [-0.3, -0.25) is 14.4 Å². The van der Waals surface area contributed by atoms with Gasteiger partial charge in [0.25, 0.3) is 0 Å². The number of nitrogens with zero attached hydrogens (tertiary/aromatic N) is 4. The molecule has 3 heterocycles. The third kappa shape index (κ3) is 3.88. The first-order valence-corrected chi connectivity index (χ1v) is 9.04. The highest BCUT2D eigenvalue weighted by atomic mass is 16.5. The summed E-state index contributed by atoms with van der Waals surface area (Å²) in [4.78, 5) is 17.3. The van der Waals surface area contributed by atoms with Gasteiger partial charge < -0.3 is 14.4 Å². The third-order valence-electron chi connectivity index (χ3n) is 5.77. The lowest BCUT2D eigenvalue weighted by molar-refractivity contribution is -0.134. The van der Waals surface area contributed by atoms with Gasteiger partial charge in [0.05, 0.1) is 25.3 Å². The standard InChI is InChI=1S/C18H30N4O3/c1-20-11-15(10-19-20)12-21-6-4-18(5-7-21)14-22(8-9-24-2)17(23)16(18)13-25-3/h10-11,16H,4-9,12-14H2,1-3H3. The molecular formula is C18H30N4O3. The second kappa shape index (κ2) is 7.85. The molecule has 0 radical (unpaired) electrons. The topological polar surface area (TPSA) is 59.8 Å². The van der Waals surface area contributed by atoms with E-state index in [1.165, 1.54) is 5.56 Å². The molecular weight excluding hydrogens is 320 g/mol. The van der Waals surface area contributed by atoms with Crippen LogP contribution in [0.2, 0.25) is 0 Å². The van der Waals surface area contributed by atoms with Crippen molar-refractivity contribution in [2.45, 2.75) is 19.4 Å². The first kappa shape index (κ1) is 18.4. The molecule has 1 aromatic rings. The zero-order valence-electron chi connectivity index (χ0n) is 15.6. The molecule has 7 heteroatoms. The number of hydrogen-bond acceptors (Lipinski definition) is 5. The van der Waals surface area contributed by atoms with Crippen LogP contribution in [0.1, 0.15) is 18.4 Å². The monoisotopic (exact) mass is 350 g/mol. The molecule has 0 aliphatic carbocycles. The minimum absolute atomic E-state index is 0.0186. The molecule has 140 valence electrons. The lowest BCUT2D eigenvalue weighted by Crippen LogP contribution is -2.45. The van der Waals surface area contributed by atoms with E-state index in [4.69, 9.17) is 9.47 Å². The van der Waals surface area contributed by atoms with Crippen molar-refractivity contribution in [3.8, 4) is 0 Å². The minimum Gasteiger partial charge on any atom is -0.384 e. The van der Waals surface area contributed by atoms with Gasteiger partial charge in [-0.05, 0) is 25.9 Å². The highest BCUT2D eigenvalue weighted by Crippen LogP contribution is 2.45. The number of likely N-dealkylation sites (tertiary alicyclic amines) is 2. The van der Waals surface area contributed by atoms with E-state index in [1.54, 1.807) is 14.2 Å². The number of aromatic nitrogens is 2. The van der Waals surface area contributed by atoms with Crippen LogP contribution < -0.4 is 0 Å². The number of carbonyl (C=O) groups is 1. The van der Waals surface area contributed by atoms with Crippen LogP contribution in [0, 0.1) is 11.3 Å². The number of piperidine rings is 1. The van der Waals surface area contributed by atoms with Crippen molar-refractivity contribution in [2.75, 3.05) is 53.6 Å². The number of aryl methyl sites for hydroxylation is 1. The predicted octanol–water partition coefficient (Wildman–Crippen LogP) is 0.754. The largest absolute Gasteiger partial charge is 0.384 e. The Morgan fingerprint density at radius 2 is 2.04 bits per heavy atom. The number of amides is 1. The van der Waals surface area contributed by atoms with Gasteiger partial charge >= 0.3 is 0 Å². The van der Waals surface area contributed by atoms with Crippen LogP contribution in [0.3, 0.4) is 0 Å². The summed E-state index contributed by atoms with van der Waals surface area (Å²) < 4.78 is 12.4. The van der Waals surface area contributed by atoms with Crippen molar-refractivity contribution in [3.63, 3.8) is 0 Å². The SMILES string of the molecule is COCCN1CC2(CCN(Cc3cnn(C)c3)CC2)C(COC)C1=O. The maximum atomic E-state index is 12.8. The van der Waals surface area contributed by atoms with Gasteiger partial charge in [-0.1, -0.05) is 0 Å². The Kier molecular flexibility index (Phi) is 5.76. The van der Waals surface area contributed by atoms with E-state index < -0.39 is 0 Å². The van der Waals surface area contributed by atoms with Crippen LogP contribution in [-0.4, -0.2) is 79.1 Å². The molecule has 1 unspecified atom stereocenters. The Hall–Kier alpha value is -1.44. The fraction of sp³-hybridized carbons (Fsp3) is 0.778. The Morgan fingerprint density at radius 1 is 1.28 bits per heavy atom. The van der Waals surface area contributed by atoms with Crippen molar-refractivity contribution in [3.05, 3.63) is 18.0 Å². The molecule has 2 aliphatic rings. The van der Waals surface area contributed by atoms with E-state index >= 15 is 0 Å². The summed E-state index contributed by atoms with van der Waals surface area (Å²) in [6.45, 7) is 5.58. The van der Waals surface area contributed by atoms with Crippen molar-refractivity contribution < 1.29 is 14.3 Å². The molecule has 0 bridgehead atoms. The van der Waals surface area contributed by atoms with Crippen molar-refractivity contribution in [1.82, 2.24) is 19.6 Å². The molecule has 1 amide bonds. The molecule has 25 heavy (non-hydrogen) atoms. The molecule has 0 N–H and O–H groups in total. The van der Waals surface area contributed by atoms with Gasteiger partial charge in [-0.15, -0.1) is 0 Å². The van der Waals surface area contributed by atoms with Gasteiger partial charge in [-0.2, -0.15) is 5.10 Å². The van der Waals surface area contributed by atoms with Gasteiger partial charge in [-0.25, -0.2) is 0 Å². The maximum absolute atomic E-state index is 12.8. The highest BCUT2D eigenvalue weighted by Gasteiger charge is 2.52. The average molecular weight is 350 g/mol. The molecule has 1 atom stereocenters. The van der Waals surface area contributed by atoms with Gasteiger partial charge in [0, 0.05) is 58.1 Å². The van der Waals surface area contributed by atoms with E-state index in [9.17, 15) is 4.79 Å². The summed E-state index contributed by atoms with van der Waals surface area (Å²) in [6, 6.07) is 0. The molecule has 2 aliphatic heterocycles. The molecule has 1 spiro atoms. The Labute approximate surface area is 149 Å². The Bertz CT molecular complexity index is 581. The lowest BCUT2D eigenvalue weighted by atomic mass is 9.71. The molecule has 7 nitrogen and oxygen atoms in total. The summed E-state index contributed by atoms with van der Waals surface area (Å²) in [5.41, 5.74) is 1.29. The zero-order chi connectivity index (χ0) is 17.9. The van der Waals surface area contributed by atoms with Gasteiger partial charge in [0.2, 0.25) is 5.91 Å². The van der Waals surface area contributed by atoms with Crippen molar-refractivity contribution in [2.24, 2.45) is 18.4 Å². The van der Waals surface area contributed by atoms with Crippen LogP contribution in [0.25, 0.3) is 0 Å². The third-order valence-corrected chi connectivity index (χ3v) is 5.77. The fourth-order valence-corrected chi connectivity index (χ4v) is 4.33. The van der Waals surface area contributed by atoms with E-state index in [2.05, 4.69) is 16.2 Å². The maximum Gasteiger partial charge on any atom is 0.228 e. The number of carbonyl (C=O) groups excluding carboxylic acids is 1. The molecule has 1 aromatic heterocycles. The predicted molar refractivity (Wildman–Crippen MR) is 94.0 cm³/mol. The molecule has 0 aromatic carbocycles. The molecule has 2 fully saturated rings. The Morgan fingerprint density at radius 3 is 2.64 bits per heavy atom. The summed E-state index contributed by atoms with van der Waals surface area (Å²) in [6.07, 6.45) is 6.08. The van der Waals surface area contributed by atoms with E-state index in [0.29, 0.717) is 19.8 Å². The number of methoxy groups -OCH3 is 2. The molecule has 0 saturated carbocycles. The van der Waals surface area contributed by atoms with E-state index in [0.717, 1.165) is 39.0 Å². The van der Waals surface area contributed by atoms with Crippen LogP contribution in [-0.2, 0) is 27.9 Å². The van der Waals surface area contributed by atoms with Crippen molar-refractivity contribution >= 4 is 5.91 Å². The molecule has 2 saturated heterocycles. The van der Waals surface area contributed by atoms with Crippen LogP contribution in [0.4, 0.5) is 0 Å². The van der Waals surface area contributed by atoms with Crippen LogP contribution in [0.15, 0.2) is 12.4 Å². The van der Waals surface area contributed by atoms with E-state index in [1.807, 2.05) is 22.8 Å². The fourth-order valence-electron chi connectivity index (χ4n) is 4.33. The second-order valence-corrected chi connectivity index (χ2v) is 7.42. The van der Waals surface area contributed by atoms with E-state index in [-0.39, 0.29) is 17.2 Å². The molecule has 3 rings (SSSR count). The first-order chi connectivity index (χ1) is 12.1. The minimum atomic E-state index is -0.0186. The quantitative estimate of drug-likeness (QED) is 0.726. The summed E-state index contributed by atoms with van der Waals surface area (Å²) >= 11 is 0. The smallest absolute Gasteiger partial charge is 0.228 e. The average Bonchev–Trinajstić information content (AvgIpc) is 3.12. The van der Waals surface area contributed by atoms with Crippen LogP contribution >= 0.6 is 0 Å². The number of ether oxygens (including phenoxy) is 2. The summed E-state index contributed by atoms with van der Waals surface area (Å²) in [7, 11) is 5.32. The normalized spacial score (nSPS) is 23.7. The second-order valence-electron chi connectivity index (χ2n) is 7.42. The van der Waals surface area contributed by atoms with Gasteiger partial charge in [0.15, 0.2) is 0 Å². The van der Waals surface area contributed by atoms with Gasteiger partial charge in [0.1, 0.15) is 0 Å². The summed E-state index contributed by atoms with van der Waals surface area (Å²) in [5, 5.41) is 4.25. The first-order valence-electron chi connectivity index (χ1n) is 9.04. The van der Waals surface area contributed by atoms with Crippen molar-refractivity contribution in [1.29, 1.82) is 0 Å². The Balaban J connectivity index is 1.63. The van der Waals surface area contributed by atoms with Crippen LogP contribution in [0.5, 0.6) is 0 Å². The lowest BCUT2D eigenvalue weighted by Gasteiger charge is -2.41. The highest BCUT2D eigenvalue weighted by molar-refractivity contribution is 5.82. The number of hydrogen-bond donors (Lipinski definition) is 0.